The van der Waals surface area contributed by atoms with E-state index in [1.165, 1.54) is 11.3 Å². The van der Waals surface area contributed by atoms with E-state index in [1.807, 2.05) is 32.0 Å². The Morgan fingerprint density at radius 3 is 2.78 bits per heavy atom. The van der Waals surface area contributed by atoms with Crippen molar-refractivity contribution in [2.45, 2.75) is 20.5 Å². The number of ether oxygens (including phenoxy) is 1. The molecule has 0 radical (unpaired) electrons. The number of nitrogen functional groups attached to an aromatic ring is 1. The minimum atomic E-state index is -0.358. The van der Waals surface area contributed by atoms with Gasteiger partial charge in [-0.3, -0.25) is 0 Å². The Morgan fingerprint density at radius 1 is 1.33 bits per heavy atom. The van der Waals surface area contributed by atoms with Crippen LogP contribution >= 0.6 is 11.3 Å². The maximum absolute atomic E-state index is 11.8. The first-order valence-electron chi connectivity index (χ1n) is 5.64. The van der Waals surface area contributed by atoms with Crippen molar-refractivity contribution in [1.29, 1.82) is 0 Å². The molecule has 3 nitrogen and oxygen atoms in total. The molecule has 2 N–H and O–H groups in total. The maximum atomic E-state index is 11.8. The van der Waals surface area contributed by atoms with Crippen LogP contribution in [0.1, 0.15) is 26.4 Å². The van der Waals surface area contributed by atoms with Crippen LogP contribution in [0.4, 0.5) is 5.69 Å². The average Bonchev–Trinajstić information content (AvgIpc) is 2.76. The summed E-state index contributed by atoms with van der Waals surface area (Å²) in [6, 6.07) is 7.80. The van der Waals surface area contributed by atoms with Crippen molar-refractivity contribution in [1.82, 2.24) is 0 Å². The molecular weight excluding hydrogens is 246 g/mol. The Balaban J connectivity index is 2.06. The van der Waals surface area contributed by atoms with Gasteiger partial charge in [-0.2, -0.15) is 0 Å². The van der Waals surface area contributed by atoms with Gasteiger partial charge < -0.3 is 10.5 Å². The monoisotopic (exact) mass is 261 g/mol. The quantitative estimate of drug-likeness (QED) is 0.862. The molecule has 0 saturated heterocycles. The van der Waals surface area contributed by atoms with Gasteiger partial charge in [0.1, 0.15) is 11.5 Å². The first-order valence-corrected chi connectivity index (χ1v) is 6.52. The number of esters is 1. The Hall–Kier alpha value is -1.81. The molecule has 0 atom stereocenters. The van der Waals surface area contributed by atoms with Crippen LogP contribution in [-0.4, -0.2) is 5.97 Å². The summed E-state index contributed by atoms with van der Waals surface area (Å²) in [7, 11) is 0. The fraction of sp³-hybridized carbons (Fsp3) is 0.214. The van der Waals surface area contributed by atoms with E-state index < -0.39 is 0 Å². The van der Waals surface area contributed by atoms with E-state index in [0.717, 1.165) is 16.7 Å². The molecule has 4 heteroatoms. The SMILES string of the molecule is Cc1ccc(C)c(COC(=O)c2sccc2N)c1. The van der Waals surface area contributed by atoms with Crippen LogP contribution in [0, 0.1) is 13.8 Å². The molecule has 0 bridgehead atoms. The van der Waals surface area contributed by atoms with E-state index in [4.69, 9.17) is 10.5 Å². The fourth-order valence-electron chi connectivity index (χ4n) is 1.65. The van der Waals surface area contributed by atoms with Gasteiger partial charge in [0.2, 0.25) is 0 Å². The second-order valence-corrected chi connectivity index (χ2v) is 5.13. The molecule has 0 aliphatic heterocycles. The summed E-state index contributed by atoms with van der Waals surface area (Å²) in [4.78, 5) is 12.3. The van der Waals surface area contributed by atoms with Crippen LogP contribution in [0.2, 0.25) is 0 Å². The third-order valence-corrected chi connectivity index (χ3v) is 3.65. The third kappa shape index (κ3) is 2.71. The van der Waals surface area contributed by atoms with Crippen LogP contribution in [0.15, 0.2) is 29.6 Å². The minimum Gasteiger partial charge on any atom is -0.457 e. The number of aryl methyl sites for hydroxylation is 2. The summed E-state index contributed by atoms with van der Waals surface area (Å²) in [6.45, 7) is 4.30. The van der Waals surface area contributed by atoms with E-state index >= 15 is 0 Å². The number of thiophene rings is 1. The van der Waals surface area contributed by atoms with Crippen molar-refractivity contribution in [3.8, 4) is 0 Å². The van der Waals surface area contributed by atoms with Crippen LogP contribution in [0.5, 0.6) is 0 Å². The highest BCUT2D eigenvalue weighted by molar-refractivity contribution is 7.12. The van der Waals surface area contributed by atoms with Gasteiger partial charge in [0.05, 0.1) is 5.69 Å². The average molecular weight is 261 g/mol. The van der Waals surface area contributed by atoms with Crippen molar-refractivity contribution in [3.63, 3.8) is 0 Å². The predicted molar refractivity (Wildman–Crippen MR) is 73.8 cm³/mol. The molecule has 0 fully saturated rings. The molecule has 0 aliphatic rings. The van der Waals surface area contributed by atoms with Gasteiger partial charge in [-0.05, 0) is 36.4 Å². The second-order valence-electron chi connectivity index (χ2n) is 4.21. The van der Waals surface area contributed by atoms with Gasteiger partial charge in [0.15, 0.2) is 0 Å². The standard InChI is InChI=1S/C14H15NO2S/c1-9-3-4-10(2)11(7-9)8-17-14(16)13-12(15)5-6-18-13/h3-7H,8,15H2,1-2H3. The number of hydrogen-bond donors (Lipinski definition) is 1. The third-order valence-electron chi connectivity index (χ3n) is 2.74. The van der Waals surface area contributed by atoms with E-state index in [1.54, 1.807) is 11.4 Å². The zero-order chi connectivity index (χ0) is 13.1. The molecule has 0 spiro atoms. The molecule has 1 aromatic carbocycles. The van der Waals surface area contributed by atoms with E-state index in [9.17, 15) is 4.79 Å². The maximum Gasteiger partial charge on any atom is 0.350 e. The minimum absolute atomic E-state index is 0.281. The zero-order valence-electron chi connectivity index (χ0n) is 10.4. The summed E-state index contributed by atoms with van der Waals surface area (Å²) >= 11 is 1.30. The van der Waals surface area contributed by atoms with Gasteiger partial charge in [0.25, 0.3) is 0 Å². The lowest BCUT2D eigenvalue weighted by Gasteiger charge is -2.08. The number of benzene rings is 1. The molecule has 0 unspecified atom stereocenters. The predicted octanol–water partition coefficient (Wildman–Crippen LogP) is 3.30. The molecular formula is C14H15NO2S. The Bertz CT molecular complexity index is 575. The van der Waals surface area contributed by atoms with Gasteiger partial charge >= 0.3 is 5.97 Å². The molecule has 1 aromatic heterocycles. The van der Waals surface area contributed by atoms with Crippen molar-refractivity contribution >= 4 is 23.0 Å². The van der Waals surface area contributed by atoms with Gasteiger partial charge in [0, 0.05) is 0 Å². The van der Waals surface area contributed by atoms with Crippen molar-refractivity contribution in [2.75, 3.05) is 5.73 Å². The molecule has 94 valence electrons. The summed E-state index contributed by atoms with van der Waals surface area (Å²) < 4.78 is 5.28. The van der Waals surface area contributed by atoms with E-state index in [2.05, 4.69) is 0 Å². The van der Waals surface area contributed by atoms with E-state index in [0.29, 0.717) is 10.6 Å². The summed E-state index contributed by atoms with van der Waals surface area (Å²) in [5, 5.41) is 1.78. The van der Waals surface area contributed by atoms with Gasteiger partial charge in [-0.15, -0.1) is 11.3 Å². The normalized spacial score (nSPS) is 10.3. The zero-order valence-corrected chi connectivity index (χ0v) is 11.2. The Labute approximate surface area is 110 Å². The Morgan fingerprint density at radius 2 is 2.11 bits per heavy atom. The smallest absolute Gasteiger partial charge is 0.350 e. The van der Waals surface area contributed by atoms with Crippen molar-refractivity contribution < 1.29 is 9.53 Å². The highest BCUT2D eigenvalue weighted by atomic mass is 32.1. The lowest BCUT2D eigenvalue weighted by atomic mass is 10.1. The molecule has 2 aromatic rings. The van der Waals surface area contributed by atoms with Crippen LogP contribution in [-0.2, 0) is 11.3 Å². The number of anilines is 1. The van der Waals surface area contributed by atoms with Crippen molar-refractivity contribution in [3.05, 3.63) is 51.2 Å². The van der Waals surface area contributed by atoms with Gasteiger partial charge in [-0.25, -0.2) is 4.79 Å². The van der Waals surface area contributed by atoms with Crippen LogP contribution < -0.4 is 5.73 Å². The number of nitrogens with two attached hydrogens (primary N) is 1. The summed E-state index contributed by atoms with van der Waals surface area (Å²) in [5.74, 6) is -0.358. The lowest BCUT2D eigenvalue weighted by molar-refractivity contribution is 0.0479. The first-order chi connectivity index (χ1) is 8.58. The van der Waals surface area contributed by atoms with Crippen LogP contribution in [0.25, 0.3) is 0 Å². The highest BCUT2D eigenvalue weighted by Crippen LogP contribution is 2.21. The van der Waals surface area contributed by atoms with Gasteiger partial charge in [-0.1, -0.05) is 23.8 Å². The number of carbonyl (C=O) groups excluding carboxylic acids is 1. The Kier molecular flexibility index (Phi) is 3.67. The topological polar surface area (TPSA) is 52.3 Å². The number of rotatable bonds is 3. The highest BCUT2D eigenvalue weighted by Gasteiger charge is 2.13. The van der Waals surface area contributed by atoms with E-state index in [-0.39, 0.29) is 12.6 Å². The largest absolute Gasteiger partial charge is 0.457 e. The molecule has 0 amide bonds. The first kappa shape index (κ1) is 12.6. The number of carbonyl (C=O) groups is 1. The van der Waals surface area contributed by atoms with Crippen molar-refractivity contribution in [2.24, 2.45) is 0 Å². The molecule has 0 saturated carbocycles. The summed E-state index contributed by atoms with van der Waals surface area (Å²) in [5.41, 5.74) is 9.45. The second kappa shape index (κ2) is 5.23. The molecule has 2 rings (SSSR count). The lowest BCUT2D eigenvalue weighted by Crippen LogP contribution is -2.06. The molecule has 1 heterocycles. The summed E-state index contributed by atoms with van der Waals surface area (Å²) in [6.07, 6.45) is 0. The molecule has 0 aliphatic carbocycles. The number of hydrogen-bond acceptors (Lipinski definition) is 4. The fourth-order valence-corrected chi connectivity index (χ4v) is 2.36. The van der Waals surface area contributed by atoms with Crippen LogP contribution in [0.3, 0.4) is 0 Å². The molecule has 18 heavy (non-hydrogen) atoms.